The molecule has 2 saturated heterocycles. The van der Waals surface area contributed by atoms with Crippen LogP contribution in [0.5, 0.6) is 0 Å². The number of anilines is 3. The number of benzene rings is 3. The van der Waals surface area contributed by atoms with E-state index in [9.17, 15) is 9.59 Å². The van der Waals surface area contributed by atoms with Gasteiger partial charge in [-0.25, -0.2) is 4.79 Å². The van der Waals surface area contributed by atoms with E-state index in [0.29, 0.717) is 36.1 Å². The Kier molecular flexibility index (Phi) is 8.00. The molecule has 3 unspecified atom stereocenters. The van der Waals surface area contributed by atoms with Gasteiger partial charge in [-0.15, -0.1) is 0 Å². The summed E-state index contributed by atoms with van der Waals surface area (Å²) in [6.07, 6.45) is 1.37. The quantitative estimate of drug-likeness (QED) is 0.369. The number of methoxy groups -OCH3 is 1. The molecule has 3 atom stereocenters. The van der Waals surface area contributed by atoms with Gasteiger partial charge in [0.2, 0.25) is 0 Å². The summed E-state index contributed by atoms with van der Waals surface area (Å²) in [4.78, 5) is 32.0. The van der Waals surface area contributed by atoms with Crippen molar-refractivity contribution in [3.8, 4) is 0 Å². The Balaban J connectivity index is 1.30. The van der Waals surface area contributed by atoms with E-state index in [4.69, 9.17) is 9.47 Å². The highest BCUT2D eigenvalue weighted by atomic mass is 16.5. The van der Waals surface area contributed by atoms with E-state index in [1.54, 1.807) is 0 Å². The molecule has 8 nitrogen and oxygen atoms in total. The average molecular weight is 567 g/mol. The van der Waals surface area contributed by atoms with Gasteiger partial charge >= 0.3 is 5.97 Å². The van der Waals surface area contributed by atoms with Crippen LogP contribution in [0.4, 0.5) is 17.1 Å². The summed E-state index contributed by atoms with van der Waals surface area (Å²) in [6, 6.07) is 27.6. The van der Waals surface area contributed by atoms with Crippen LogP contribution in [0.3, 0.4) is 0 Å². The summed E-state index contributed by atoms with van der Waals surface area (Å²) in [5.74, 6) is -0.854. The maximum absolute atomic E-state index is 13.8. The van der Waals surface area contributed by atoms with Gasteiger partial charge in [0.05, 0.1) is 30.4 Å². The highest BCUT2D eigenvalue weighted by molar-refractivity contribution is 6.11. The zero-order valence-electron chi connectivity index (χ0n) is 24.2. The van der Waals surface area contributed by atoms with Crippen molar-refractivity contribution in [1.82, 2.24) is 4.90 Å². The first kappa shape index (κ1) is 28.0. The lowest BCUT2D eigenvalue weighted by atomic mass is 9.75. The molecule has 218 valence electrons. The van der Waals surface area contributed by atoms with Crippen molar-refractivity contribution >= 4 is 28.9 Å². The minimum absolute atomic E-state index is 0.311. The van der Waals surface area contributed by atoms with Crippen LogP contribution >= 0.6 is 0 Å². The van der Waals surface area contributed by atoms with Gasteiger partial charge in [-0.2, -0.15) is 0 Å². The predicted octanol–water partition coefficient (Wildman–Crippen LogP) is 4.50. The van der Waals surface area contributed by atoms with Crippen LogP contribution in [0.1, 0.15) is 18.4 Å². The Labute approximate surface area is 247 Å². The number of amides is 1. The molecule has 0 aliphatic carbocycles. The fourth-order valence-corrected chi connectivity index (χ4v) is 6.50. The van der Waals surface area contributed by atoms with E-state index in [1.807, 2.05) is 72.8 Å². The minimum Gasteiger partial charge on any atom is -0.466 e. The number of carbonyl (C=O) groups excluding carboxylic acids is 2. The molecule has 3 aliphatic heterocycles. The third-order valence-electron chi connectivity index (χ3n) is 8.73. The number of ether oxygens (including phenoxy) is 2. The first-order valence-corrected chi connectivity index (χ1v) is 14.7. The normalized spacial score (nSPS) is 22.6. The second-order valence-corrected chi connectivity index (χ2v) is 11.4. The average Bonchev–Trinajstić information content (AvgIpc) is 3.61. The van der Waals surface area contributed by atoms with E-state index < -0.39 is 17.7 Å². The first-order valence-electron chi connectivity index (χ1n) is 14.7. The molecule has 3 aromatic carbocycles. The molecule has 2 fully saturated rings. The molecule has 0 radical (unpaired) electrons. The van der Waals surface area contributed by atoms with Gasteiger partial charge in [-0.3, -0.25) is 4.79 Å². The Morgan fingerprint density at radius 2 is 1.60 bits per heavy atom. The highest BCUT2D eigenvalue weighted by Gasteiger charge is 2.60. The largest absolute Gasteiger partial charge is 0.466 e. The van der Waals surface area contributed by atoms with E-state index in [-0.39, 0.29) is 11.9 Å². The predicted molar refractivity (Wildman–Crippen MR) is 165 cm³/mol. The lowest BCUT2D eigenvalue weighted by Crippen LogP contribution is -2.50. The lowest BCUT2D eigenvalue weighted by Gasteiger charge is -2.37. The molecule has 3 aromatic rings. The zero-order valence-corrected chi connectivity index (χ0v) is 24.2. The third kappa shape index (κ3) is 5.52. The smallest absolute Gasteiger partial charge is 0.337 e. The third-order valence-corrected chi connectivity index (χ3v) is 8.73. The SMILES string of the molecule is COC(=O)C1=C(C(=O)Nc2ccc(N3CCN(C)CC3)cc2)C2CCC1(C(Cc1ccccc1)Nc1ccccc1)O2. The molecule has 2 N–H and O–H groups in total. The van der Waals surface area contributed by atoms with Crippen LogP contribution in [-0.4, -0.2) is 74.9 Å². The van der Waals surface area contributed by atoms with Crippen LogP contribution < -0.4 is 15.5 Å². The number of piperazine rings is 1. The summed E-state index contributed by atoms with van der Waals surface area (Å²) in [5, 5.41) is 6.68. The molecule has 3 heterocycles. The second-order valence-electron chi connectivity index (χ2n) is 11.4. The van der Waals surface area contributed by atoms with Crippen LogP contribution in [0.25, 0.3) is 0 Å². The first-order chi connectivity index (χ1) is 20.5. The Morgan fingerprint density at radius 3 is 2.26 bits per heavy atom. The van der Waals surface area contributed by atoms with Gasteiger partial charge in [-0.05, 0) is 68.3 Å². The van der Waals surface area contributed by atoms with Crippen molar-refractivity contribution < 1.29 is 19.1 Å². The van der Waals surface area contributed by atoms with Gasteiger partial charge in [0.25, 0.3) is 5.91 Å². The summed E-state index contributed by atoms with van der Waals surface area (Å²) < 4.78 is 12.0. The fourth-order valence-electron chi connectivity index (χ4n) is 6.50. The Bertz CT molecular complexity index is 1390. The zero-order chi connectivity index (χ0) is 29.1. The Morgan fingerprint density at radius 1 is 0.929 bits per heavy atom. The number of carbonyl (C=O) groups is 2. The number of para-hydroxylation sites is 1. The van der Waals surface area contributed by atoms with Crippen molar-refractivity contribution in [2.75, 3.05) is 55.9 Å². The molecule has 0 spiro atoms. The van der Waals surface area contributed by atoms with E-state index in [2.05, 4.69) is 39.6 Å². The fraction of sp³-hybridized carbons (Fsp3) is 0.353. The van der Waals surface area contributed by atoms with Gasteiger partial charge in [0, 0.05) is 43.2 Å². The number of esters is 1. The molecule has 0 aromatic heterocycles. The van der Waals surface area contributed by atoms with Gasteiger partial charge in [0.1, 0.15) is 5.60 Å². The summed E-state index contributed by atoms with van der Waals surface area (Å²) in [7, 11) is 3.50. The van der Waals surface area contributed by atoms with Crippen molar-refractivity contribution in [1.29, 1.82) is 0 Å². The van der Waals surface area contributed by atoms with Gasteiger partial charge in [-0.1, -0.05) is 48.5 Å². The molecule has 42 heavy (non-hydrogen) atoms. The van der Waals surface area contributed by atoms with Crippen LogP contribution in [0.2, 0.25) is 0 Å². The molecular formula is C34H38N4O4. The molecule has 8 heteroatoms. The summed E-state index contributed by atoms with van der Waals surface area (Å²) in [5.41, 5.74) is 3.50. The van der Waals surface area contributed by atoms with Crippen molar-refractivity contribution in [3.05, 3.63) is 102 Å². The van der Waals surface area contributed by atoms with Crippen molar-refractivity contribution in [2.24, 2.45) is 0 Å². The summed E-state index contributed by atoms with van der Waals surface area (Å²) >= 11 is 0. The molecular weight excluding hydrogens is 528 g/mol. The van der Waals surface area contributed by atoms with E-state index in [0.717, 1.165) is 43.1 Å². The highest BCUT2D eigenvalue weighted by Crippen LogP contribution is 2.51. The second kappa shape index (κ2) is 12.0. The van der Waals surface area contributed by atoms with E-state index in [1.165, 1.54) is 7.11 Å². The number of likely N-dealkylation sites (N-methyl/N-ethyl adjacent to an activating group) is 1. The number of nitrogens with zero attached hydrogens (tertiary/aromatic N) is 2. The number of hydrogen-bond acceptors (Lipinski definition) is 7. The number of fused-ring (bicyclic) bond motifs is 2. The topological polar surface area (TPSA) is 83.1 Å². The van der Waals surface area contributed by atoms with Gasteiger partial charge < -0.3 is 29.9 Å². The standard InChI is InChI=1S/C34H38N4O4/c1-37-19-21-38(22-20-37)27-15-13-26(14-16-27)36-32(39)30-28-17-18-34(42-28,31(30)33(40)41-2)29(23-24-9-5-3-6-10-24)35-25-11-7-4-8-12-25/h3-16,28-29,35H,17-23H2,1-2H3,(H,36,39). The number of nitrogens with one attached hydrogen (secondary N) is 2. The Hall–Kier alpha value is -4.14. The molecule has 0 saturated carbocycles. The maximum atomic E-state index is 13.8. The molecule has 6 rings (SSSR count). The van der Waals surface area contributed by atoms with Crippen LogP contribution in [-0.2, 0) is 25.5 Å². The maximum Gasteiger partial charge on any atom is 0.337 e. The number of hydrogen-bond donors (Lipinski definition) is 2. The van der Waals surface area contributed by atoms with Crippen LogP contribution in [0, 0.1) is 0 Å². The summed E-state index contributed by atoms with van der Waals surface area (Å²) in [6.45, 7) is 3.99. The molecule has 2 bridgehead atoms. The van der Waals surface area contributed by atoms with Gasteiger partial charge in [0.15, 0.2) is 0 Å². The van der Waals surface area contributed by atoms with E-state index >= 15 is 0 Å². The lowest BCUT2D eigenvalue weighted by molar-refractivity contribution is -0.138. The molecule has 3 aliphatic rings. The minimum atomic E-state index is -1.01. The van der Waals surface area contributed by atoms with Crippen LogP contribution in [0.15, 0.2) is 96.1 Å². The van der Waals surface area contributed by atoms with Crippen molar-refractivity contribution in [3.63, 3.8) is 0 Å². The molecule has 1 amide bonds. The monoisotopic (exact) mass is 566 g/mol. The van der Waals surface area contributed by atoms with Crippen molar-refractivity contribution in [2.45, 2.75) is 37.0 Å². The number of rotatable bonds is 9.